The van der Waals surface area contributed by atoms with Gasteiger partial charge < -0.3 is 5.73 Å². The Hall–Kier alpha value is -1.44. The van der Waals surface area contributed by atoms with Crippen LogP contribution in [0.15, 0.2) is 23.2 Å². The van der Waals surface area contributed by atoms with Gasteiger partial charge in [-0.05, 0) is 31.5 Å². The molecule has 114 valence electrons. The smallest absolute Gasteiger partial charge is 0.267 e. The number of anilines is 2. The van der Waals surface area contributed by atoms with E-state index in [9.17, 15) is 8.42 Å². The summed E-state index contributed by atoms with van der Waals surface area (Å²) in [5.41, 5.74) is 6.58. The molecule has 1 aromatic carbocycles. The monoisotopic (exact) mass is 348 g/mol. The molecular weight excluding hydrogens is 335 g/mol. The summed E-state index contributed by atoms with van der Waals surface area (Å²) in [5.74, 6) is -0.0707. The number of aryl methyl sites for hydroxylation is 2. The van der Waals surface area contributed by atoms with E-state index in [0.717, 1.165) is 5.56 Å². The maximum absolute atomic E-state index is 12.4. The van der Waals surface area contributed by atoms with Gasteiger partial charge in [0.1, 0.15) is 4.90 Å². The number of halogens is 2. The average Bonchev–Trinajstić information content (AvgIpc) is 2.78. The van der Waals surface area contributed by atoms with E-state index in [1.165, 1.54) is 16.9 Å². The first-order valence-corrected chi connectivity index (χ1v) is 8.30. The van der Waals surface area contributed by atoms with Gasteiger partial charge in [0.25, 0.3) is 10.0 Å². The molecule has 9 heteroatoms. The molecule has 0 spiro atoms. The van der Waals surface area contributed by atoms with Gasteiger partial charge in [0.05, 0.1) is 10.7 Å². The van der Waals surface area contributed by atoms with Crippen molar-refractivity contribution in [2.24, 2.45) is 0 Å². The van der Waals surface area contributed by atoms with Crippen LogP contribution in [0.4, 0.5) is 11.5 Å². The van der Waals surface area contributed by atoms with Crippen molar-refractivity contribution in [3.05, 3.63) is 33.9 Å². The van der Waals surface area contributed by atoms with Crippen LogP contribution < -0.4 is 10.5 Å². The second-order valence-corrected chi connectivity index (χ2v) is 6.89. The third kappa shape index (κ3) is 3.25. The second-order valence-electron chi connectivity index (χ2n) is 4.42. The molecule has 0 fully saturated rings. The maximum Gasteiger partial charge on any atom is 0.267 e. The van der Waals surface area contributed by atoms with E-state index >= 15 is 0 Å². The summed E-state index contributed by atoms with van der Waals surface area (Å²) in [6.07, 6.45) is 1.36. The predicted octanol–water partition coefficient (Wildman–Crippen LogP) is 2.90. The van der Waals surface area contributed by atoms with E-state index in [2.05, 4.69) is 9.82 Å². The van der Waals surface area contributed by atoms with Crippen molar-refractivity contribution in [1.29, 1.82) is 0 Å². The zero-order valence-electron chi connectivity index (χ0n) is 11.4. The molecule has 0 saturated heterocycles. The van der Waals surface area contributed by atoms with Crippen molar-refractivity contribution in [3.8, 4) is 0 Å². The number of nitrogen functional groups attached to an aromatic ring is 1. The van der Waals surface area contributed by atoms with E-state index in [0.29, 0.717) is 11.6 Å². The van der Waals surface area contributed by atoms with Gasteiger partial charge in [-0.15, -0.1) is 0 Å². The molecule has 1 heterocycles. The Bertz CT molecular complexity index is 787. The molecule has 2 aromatic rings. The van der Waals surface area contributed by atoms with Gasteiger partial charge in [-0.1, -0.05) is 23.2 Å². The summed E-state index contributed by atoms with van der Waals surface area (Å²) in [5, 5.41) is 4.57. The van der Waals surface area contributed by atoms with E-state index in [-0.39, 0.29) is 21.4 Å². The highest BCUT2D eigenvalue weighted by Crippen LogP contribution is 2.31. The van der Waals surface area contributed by atoms with Gasteiger partial charge in [-0.2, -0.15) is 5.10 Å². The van der Waals surface area contributed by atoms with Gasteiger partial charge >= 0.3 is 0 Å². The van der Waals surface area contributed by atoms with Crippen LogP contribution in [0.25, 0.3) is 0 Å². The first-order valence-electron chi connectivity index (χ1n) is 6.06. The second kappa shape index (κ2) is 5.75. The highest BCUT2D eigenvalue weighted by molar-refractivity contribution is 7.92. The van der Waals surface area contributed by atoms with Crippen LogP contribution in [-0.4, -0.2) is 18.2 Å². The zero-order valence-corrected chi connectivity index (χ0v) is 13.7. The molecule has 0 amide bonds. The molecule has 0 bridgehead atoms. The SMILES string of the molecule is CCn1cc(S(=O)(=O)Nc2cc(Cl)c(C)cc2Cl)c(N)n1. The van der Waals surface area contributed by atoms with Crippen LogP contribution in [0.3, 0.4) is 0 Å². The van der Waals surface area contributed by atoms with Crippen molar-refractivity contribution in [2.45, 2.75) is 25.3 Å². The van der Waals surface area contributed by atoms with Crippen molar-refractivity contribution in [1.82, 2.24) is 9.78 Å². The van der Waals surface area contributed by atoms with Crippen LogP contribution in [0.1, 0.15) is 12.5 Å². The quantitative estimate of drug-likeness (QED) is 0.888. The molecule has 0 aliphatic rings. The molecule has 21 heavy (non-hydrogen) atoms. The highest BCUT2D eigenvalue weighted by Gasteiger charge is 2.22. The summed E-state index contributed by atoms with van der Waals surface area (Å²) in [6, 6.07) is 3.04. The number of nitrogens with one attached hydrogen (secondary N) is 1. The molecule has 0 aliphatic carbocycles. The Morgan fingerprint density at radius 2 is 2.00 bits per heavy atom. The van der Waals surface area contributed by atoms with Gasteiger partial charge in [0.2, 0.25) is 0 Å². The number of rotatable bonds is 4. The number of sulfonamides is 1. The molecule has 0 radical (unpaired) electrons. The fourth-order valence-corrected chi connectivity index (χ4v) is 3.34. The van der Waals surface area contributed by atoms with E-state index in [1.54, 1.807) is 13.0 Å². The largest absolute Gasteiger partial charge is 0.381 e. The summed E-state index contributed by atoms with van der Waals surface area (Å²) in [4.78, 5) is -0.0999. The minimum atomic E-state index is -3.89. The summed E-state index contributed by atoms with van der Waals surface area (Å²) < 4.78 is 28.5. The van der Waals surface area contributed by atoms with Crippen LogP contribution in [0.5, 0.6) is 0 Å². The number of nitrogens with zero attached hydrogens (tertiary/aromatic N) is 2. The van der Waals surface area contributed by atoms with E-state index in [1.807, 2.05) is 6.92 Å². The van der Waals surface area contributed by atoms with Gasteiger partial charge in [0.15, 0.2) is 5.82 Å². The zero-order chi connectivity index (χ0) is 15.8. The van der Waals surface area contributed by atoms with Gasteiger partial charge in [0, 0.05) is 17.8 Å². The van der Waals surface area contributed by atoms with Crippen LogP contribution in [-0.2, 0) is 16.6 Å². The normalized spacial score (nSPS) is 11.6. The topological polar surface area (TPSA) is 90.0 Å². The van der Waals surface area contributed by atoms with Crippen molar-refractivity contribution >= 4 is 44.7 Å². The molecular formula is C12H14Cl2N4O2S. The van der Waals surface area contributed by atoms with Gasteiger partial charge in [-0.3, -0.25) is 9.40 Å². The molecule has 0 aliphatic heterocycles. The fourth-order valence-electron chi connectivity index (χ4n) is 1.71. The molecule has 0 saturated carbocycles. The third-order valence-electron chi connectivity index (χ3n) is 2.86. The van der Waals surface area contributed by atoms with E-state index in [4.69, 9.17) is 28.9 Å². The van der Waals surface area contributed by atoms with Crippen molar-refractivity contribution < 1.29 is 8.42 Å². The molecule has 6 nitrogen and oxygen atoms in total. The minimum Gasteiger partial charge on any atom is -0.381 e. The molecule has 0 unspecified atom stereocenters. The van der Waals surface area contributed by atoms with E-state index < -0.39 is 10.0 Å². The fraction of sp³-hybridized carbons (Fsp3) is 0.250. The third-order valence-corrected chi connectivity index (χ3v) is 4.96. The summed E-state index contributed by atoms with van der Waals surface area (Å²) in [6.45, 7) is 4.11. The first kappa shape index (κ1) is 15.9. The van der Waals surface area contributed by atoms with Crippen molar-refractivity contribution in [3.63, 3.8) is 0 Å². The Labute approximate surface area is 132 Å². The summed E-state index contributed by atoms with van der Waals surface area (Å²) in [7, 11) is -3.89. The number of hydrogen-bond donors (Lipinski definition) is 2. The molecule has 1 aromatic heterocycles. The van der Waals surface area contributed by atoms with Crippen LogP contribution in [0, 0.1) is 6.92 Å². The number of benzene rings is 1. The molecule has 2 rings (SSSR count). The molecule has 0 atom stereocenters. The van der Waals surface area contributed by atoms with Crippen LogP contribution in [0.2, 0.25) is 10.0 Å². The lowest BCUT2D eigenvalue weighted by Gasteiger charge is -2.10. The van der Waals surface area contributed by atoms with Crippen LogP contribution >= 0.6 is 23.2 Å². The average molecular weight is 349 g/mol. The number of aromatic nitrogens is 2. The lowest BCUT2D eigenvalue weighted by molar-refractivity contribution is 0.600. The Kier molecular flexibility index (Phi) is 4.36. The molecule has 3 N–H and O–H groups in total. The predicted molar refractivity (Wildman–Crippen MR) is 84.3 cm³/mol. The standard InChI is InChI=1S/C12H14Cl2N4O2S/c1-3-18-6-11(12(15)16-18)21(19,20)17-10-5-8(13)7(2)4-9(10)14/h4-6,17H,3H2,1-2H3,(H2,15,16). The summed E-state index contributed by atoms with van der Waals surface area (Å²) >= 11 is 12.0. The van der Waals surface area contributed by atoms with Gasteiger partial charge in [-0.25, -0.2) is 8.42 Å². The Balaban J connectivity index is 2.42. The Morgan fingerprint density at radius 3 is 2.57 bits per heavy atom. The number of hydrogen-bond acceptors (Lipinski definition) is 4. The highest BCUT2D eigenvalue weighted by atomic mass is 35.5. The maximum atomic E-state index is 12.4. The lowest BCUT2D eigenvalue weighted by Crippen LogP contribution is -2.14. The minimum absolute atomic E-state index is 0.0707. The first-order chi connectivity index (χ1) is 9.74. The lowest BCUT2D eigenvalue weighted by atomic mass is 10.2. The Morgan fingerprint density at radius 1 is 1.33 bits per heavy atom. The van der Waals surface area contributed by atoms with Crippen molar-refractivity contribution in [2.75, 3.05) is 10.5 Å². The number of nitrogens with two attached hydrogens (primary N) is 1.